The standard InChI is InChI=1S/C14H18ClF3O3/c1-4-5-10(21-12(20)14(16,17)18)11-8(15)6-13(2,3)7-9(11)19/h10H,4-7H2,1-3H3/t10-/m0/s1. The van der Waals surface area contributed by atoms with Crippen molar-refractivity contribution in [1.29, 1.82) is 0 Å². The highest BCUT2D eigenvalue weighted by atomic mass is 35.5. The van der Waals surface area contributed by atoms with E-state index in [1.165, 1.54) is 0 Å². The first kappa shape index (κ1) is 18.0. The van der Waals surface area contributed by atoms with Crippen LogP contribution >= 0.6 is 11.6 Å². The molecule has 1 aliphatic carbocycles. The molecular weight excluding hydrogens is 309 g/mol. The second kappa shape index (κ2) is 6.38. The van der Waals surface area contributed by atoms with E-state index in [-0.39, 0.29) is 34.6 Å². The maximum Gasteiger partial charge on any atom is 0.490 e. The van der Waals surface area contributed by atoms with Crippen molar-refractivity contribution in [3.63, 3.8) is 0 Å². The van der Waals surface area contributed by atoms with E-state index in [0.717, 1.165) is 0 Å². The normalized spacial score (nSPS) is 20.4. The first-order valence-corrected chi connectivity index (χ1v) is 7.05. The van der Waals surface area contributed by atoms with Crippen molar-refractivity contribution in [3.05, 3.63) is 10.6 Å². The van der Waals surface area contributed by atoms with Gasteiger partial charge < -0.3 is 4.74 Å². The summed E-state index contributed by atoms with van der Waals surface area (Å²) in [6.45, 7) is 5.42. The molecule has 0 aromatic carbocycles. The summed E-state index contributed by atoms with van der Waals surface area (Å²) >= 11 is 6.08. The number of carbonyl (C=O) groups is 2. The van der Waals surface area contributed by atoms with Crippen LogP contribution in [-0.4, -0.2) is 24.0 Å². The van der Waals surface area contributed by atoms with Gasteiger partial charge in [0.05, 0.1) is 5.57 Å². The number of ketones is 1. The predicted molar refractivity (Wildman–Crippen MR) is 71.7 cm³/mol. The highest BCUT2D eigenvalue weighted by molar-refractivity contribution is 6.32. The van der Waals surface area contributed by atoms with Crippen LogP contribution in [0, 0.1) is 5.41 Å². The highest BCUT2D eigenvalue weighted by Crippen LogP contribution is 2.40. The minimum Gasteiger partial charge on any atom is -0.451 e. The van der Waals surface area contributed by atoms with E-state index < -0.39 is 18.2 Å². The number of carbonyl (C=O) groups excluding carboxylic acids is 2. The average Bonchev–Trinajstić information content (AvgIpc) is 2.24. The molecule has 0 radical (unpaired) electrons. The number of hydrogen-bond donors (Lipinski definition) is 0. The van der Waals surface area contributed by atoms with E-state index in [1.807, 2.05) is 13.8 Å². The van der Waals surface area contributed by atoms with Gasteiger partial charge in [-0.25, -0.2) is 4.79 Å². The number of esters is 1. The highest BCUT2D eigenvalue weighted by Gasteiger charge is 2.44. The number of ether oxygens (including phenoxy) is 1. The van der Waals surface area contributed by atoms with Gasteiger partial charge in [0.1, 0.15) is 6.10 Å². The quantitative estimate of drug-likeness (QED) is 0.729. The summed E-state index contributed by atoms with van der Waals surface area (Å²) in [7, 11) is 0. The number of allylic oxidation sites excluding steroid dienone is 1. The topological polar surface area (TPSA) is 43.4 Å². The molecule has 0 saturated heterocycles. The Morgan fingerprint density at radius 1 is 1.38 bits per heavy atom. The van der Waals surface area contributed by atoms with E-state index in [0.29, 0.717) is 12.8 Å². The molecule has 0 aliphatic heterocycles. The van der Waals surface area contributed by atoms with Gasteiger partial charge in [0.2, 0.25) is 0 Å². The number of rotatable bonds is 4. The molecule has 21 heavy (non-hydrogen) atoms. The van der Waals surface area contributed by atoms with E-state index in [1.54, 1.807) is 6.92 Å². The van der Waals surface area contributed by atoms with Crippen LogP contribution in [-0.2, 0) is 14.3 Å². The van der Waals surface area contributed by atoms with E-state index in [4.69, 9.17) is 11.6 Å². The maximum atomic E-state index is 12.3. The largest absolute Gasteiger partial charge is 0.490 e. The Morgan fingerprint density at radius 3 is 2.38 bits per heavy atom. The zero-order valence-electron chi connectivity index (χ0n) is 12.1. The van der Waals surface area contributed by atoms with Crippen LogP contribution in [0.15, 0.2) is 10.6 Å². The van der Waals surface area contributed by atoms with Crippen LogP contribution in [0.5, 0.6) is 0 Å². The molecule has 0 aromatic rings. The Bertz CT molecular complexity index is 467. The van der Waals surface area contributed by atoms with Gasteiger partial charge >= 0.3 is 12.1 Å². The molecule has 0 bridgehead atoms. The zero-order chi connectivity index (χ0) is 16.4. The molecular formula is C14H18ClF3O3. The summed E-state index contributed by atoms with van der Waals surface area (Å²) in [4.78, 5) is 23.2. The van der Waals surface area contributed by atoms with Crippen LogP contribution in [0.1, 0.15) is 46.5 Å². The molecule has 0 unspecified atom stereocenters. The molecule has 0 amide bonds. The van der Waals surface area contributed by atoms with Gasteiger partial charge in [-0.2, -0.15) is 13.2 Å². The van der Waals surface area contributed by atoms with Crippen molar-refractivity contribution < 1.29 is 27.5 Å². The van der Waals surface area contributed by atoms with E-state index in [9.17, 15) is 22.8 Å². The maximum absolute atomic E-state index is 12.3. The van der Waals surface area contributed by atoms with Crippen LogP contribution in [0.4, 0.5) is 13.2 Å². The van der Waals surface area contributed by atoms with Gasteiger partial charge in [0.15, 0.2) is 5.78 Å². The fourth-order valence-electron chi connectivity index (χ4n) is 2.33. The van der Waals surface area contributed by atoms with Gasteiger partial charge in [-0.15, -0.1) is 0 Å². The zero-order valence-corrected chi connectivity index (χ0v) is 12.9. The van der Waals surface area contributed by atoms with Crippen LogP contribution < -0.4 is 0 Å². The van der Waals surface area contributed by atoms with Crippen molar-refractivity contribution >= 4 is 23.4 Å². The van der Waals surface area contributed by atoms with Crippen LogP contribution in [0.2, 0.25) is 0 Å². The van der Waals surface area contributed by atoms with Crippen molar-refractivity contribution in [1.82, 2.24) is 0 Å². The minimum atomic E-state index is -5.09. The van der Waals surface area contributed by atoms with Gasteiger partial charge in [-0.3, -0.25) is 4.79 Å². The molecule has 0 heterocycles. The summed E-state index contributed by atoms with van der Waals surface area (Å²) in [6, 6.07) is 0. The molecule has 1 atom stereocenters. The summed E-state index contributed by atoms with van der Waals surface area (Å²) < 4.78 is 41.5. The van der Waals surface area contributed by atoms with Crippen molar-refractivity contribution in [3.8, 4) is 0 Å². The van der Waals surface area contributed by atoms with Crippen molar-refractivity contribution in [2.45, 2.75) is 58.7 Å². The summed E-state index contributed by atoms with van der Waals surface area (Å²) in [5.41, 5.74) is -0.335. The fraction of sp³-hybridized carbons (Fsp3) is 0.714. The Hall–Kier alpha value is -1.04. The predicted octanol–water partition coefficient (Wildman–Crippen LogP) is 4.14. The summed E-state index contributed by atoms with van der Waals surface area (Å²) in [5.74, 6) is -2.65. The monoisotopic (exact) mass is 326 g/mol. The lowest BCUT2D eigenvalue weighted by molar-refractivity contribution is -0.203. The third-order valence-electron chi connectivity index (χ3n) is 3.22. The molecule has 7 heteroatoms. The van der Waals surface area contributed by atoms with Crippen LogP contribution in [0.25, 0.3) is 0 Å². The van der Waals surface area contributed by atoms with E-state index in [2.05, 4.69) is 4.74 Å². The molecule has 120 valence electrons. The molecule has 1 rings (SSSR count). The average molecular weight is 327 g/mol. The second-order valence-corrected chi connectivity index (χ2v) is 6.40. The Balaban J connectivity index is 3.05. The number of halogens is 4. The summed E-state index contributed by atoms with van der Waals surface area (Å²) in [6.07, 6.45) is -5.20. The second-order valence-electron chi connectivity index (χ2n) is 5.94. The smallest absolute Gasteiger partial charge is 0.451 e. The molecule has 3 nitrogen and oxygen atoms in total. The van der Waals surface area contributed by atoms with Crippen LogP contribution in [0.3, 0.4) is 0 Å². The van der Waals surface area contributed by atoms with Gasteiger partial charge in [-0.05, 0) is 18.3 Å². The van der Waals surface area contributed by atoms with E-state index >= 15 is 0 Å². The summed E-state index contributed by atoms with van der Waals surface area (Å²) in [5, 5.41) is 0.185. The van der Waals surface area contributed by atoms with Crippen molar-refractivity contribution in [2.75, 3.05) is 0 Å². The molecule has 0 spiro atoms. The minimum absolute atomic E-state index is 0.00967. The molecule has 1 aliphatic rings. The first-order valence-electron chi connectivity index (χ1n) is 6.67. The van der Waals surface area contributed by atoms with Gasteiger partial charge in [-0.1, -0.05) is 38.8 Å². The Labute approximate surface area is 126 Å². The van der Waals surface area contributed by atoms with Gasteiger partial charge in [0.25, 0.3) is 0 Å². The van der Waals surface area contributed by atoms with Gasteiger partial charge in [0, 0.05) is 11.5 Å². The molecule has 0 N–H and O–H groups in total. The number of alkyl halides is 3. The Kier molecular flexibility index (Phi) is 5.47. The number of Topliss-reactive ketones (excluding diaryl/α,β-unsaturated/α-hetero) is 1. The molecule has 0 aromatic heterocycles. The Morgan fingerprint density at radius 2 is 1.95 bits per heavy atom. The SMILES string of the molecule is CCC[C@H](OC(=O)C(F)(F)F)C1=C(Cl)CC(C)(C)CC1=O. The third kappa shape index (κ3) is 4.73. The first-order chi connectivity index (χ1) is 9.48. The lowest BCUT2D eigenvalue weighted by atomic mass is 9.76. The number of hydrogen-bond acceptors (Lipinski definition) is 3. The lowest BCUT2D eigenvalue weighted by Gasteiger charge is -2.32. The molecule has 0 saturated carbocycles. The fourth-order valence-corrected chi connectivity index (χ4v) is 2.92. The van der Waals surface area contributed by atoms with Crippen molar-refractivity contribution in [2.24, 2.45) is 5.41 Å². The lowest BCUT2D eigenvalue weighted by Crippen LogP contribution is -2.36. The molecule has 0 fully saturated rings. The third-order valence-corrected chi connectivity index (χ3v) is 3.56.